The molecule has 1 heterocycles. The standard InChI is InChI=1S/C20H21ClN2O2.ClH/c21-17-7-5-16(6-8-17)14-25-19-4-2-1-3-18(19)20(24)23-13-15-9-11-22-12-10-15;/h1-9,22H,10-14H2,(H,23,24);1H. The zero-order valence-electron chi connectivity index (χ0n) is 14.3. The van der Waals surface area contributed by atoms with E-state index in [4.69, 9.17) is 16.3 Å². The number of hydrogen-bond donors (Lipinski definition) is 2. The molecule has 0 unspecified atom stereocenters. The van der Waals surface area contributed by atoms with Gasteiger partial charge in [0.1, 0.15) is 12.4 Å². The van der Waals surface area contributed by atoms with Crippen LogP contribution in [-0.4, -0.2) is 25.5 Å². The molecule has 1 aliphatic heterocycles. The highest BCUT2D eigenvalue weighted by molar-refractivity contribution is 6.30. The molecule has 6 heteroatoms. The molecule has 0 saturated carbocycles. The lowest BCUT2D eigenvalue weighted by atomic mass is 10.1. The molecule has 1 aliphatic rings. The average Bonchev–Trinajstić information content (AvgIpc) is 2.67. The van der Waals surface area contributed by atoms with Gasteiger partial charge in [-0.15, -0.1) is 12.4 Å². The predicted molar refractivity (Wildman–Crippen MR) is 107 cm³/mol. The summed E-state index contributed by atoms with van der Waals surface area (Å²) in [6, 6.07) is 14.8. The lowest BCUT2D eigenvalue weighted by Gasteiger charge is -2.15. The number of benzene rings is 2. The minimum absolute atomic E-state index is 0. The van der Waals surface area contributed by atoms with Gasteiger partial charge in [0.2, 0.25) is 0 Å². The molecule has 0 aliphatic carbocycles. The van der Waals surface area contributed by atoms with E-state index in [9.17, 15) is 4.79 Å². The van der Waals surface area contributed by atoms with Crippen LogP contribution in [0.1, 0.15) is 22.3 Å². The van der Waals surface area contributed by atoms with Crippen molar-refractivity contribution in [2.24, 2.45) is 0 Å². The Hall–Kier alpha value is -2.01. The van der Waals surface area contributed by atoms with Crippen LogP contribution < -0.4 is 15.4 Å². The van der Waals surface area contributed by atoms with Crippen LogP contribution in [0.15, 0.2) is 60.2 Å². The van der Waals surface area contributed by atoms with Gasteiger partial charge in [-0.3, -0.25) is 4.79 Å². The van der Waals surface area contributed by atoms with Crippen molar-refractivity contribution < 1.29 is 9.53 Å². The number of carbonyl (C=O) groups is 1. The highest BCUT2D eigenvalue weighted by atomic mass is 35.5. The number of amides is 1. The van der Waals surface area contributed by atoms with Crippen molar-refractivity contribution in [2.45, 2.75) is 13.0 Å². The molecular formula is C20H22Cl2N2O2. The van der Waals surface area contributed by atoms with Crippen molar-refractivity contribution in [1.29, 1.82) is 0 Å². The molecule has 0 atom stereocenters. The molecule has 0 aromatic heterocycles. The largest absolute Gasteiger partial charge is 0.488 e. The highest BCUT2D eigenvalue weighted by Crippen LogP contribution is 2.20. The Morgan fingerprint density at radius 1 is 1.15 bits per heavy atom. The summed E-state index contributed by atoms with van der Waals surface area (Å²) >= 11 is 5.89. The normalized spacial score (nSPS) is 13.3. The van der Waals surface area contributed by atoms with Gasteiger partial charge in [-0.05, 0) is 42.8 Å². The Morgan fingerprint density at radius 3 is 2.65 bits per heavy atom. The fraction of sp³-hybridized carbons (Fsp3) is 0.250. The Kier molecular flexibility index (Phi) is 7.98. The van der Waals surface area contributed by atoms with Gasteiger partial charge in [0.15, 0.2) is 0 Å². The first kappa shape index (κ1) is 20.3. The third-order valence-electron chi connectivity index (χ3n) is 4.07. The van der Waals surface area contributed by atoms with E-state index in [-0.39, 0.29) is 18.3 Å². The lowest BCUT2D eigenvalue weighted by Crippen LogP contribution is -2.29. The molecule has 2 N–H and O–H groups in total. The van der Waals surface area contributed by atoms with Crippen LogP contribution in [-0.2, 0) is 6.61 Å². The number of carbonyl (C=O) groups excluding carboxylic acids is 1. The molecule has 2 aromatic rings. The molecule has 4 nitrogen and oxygen atoms in total. The Balaban J connectivity index is 0.00000243. The number of halogens is 2. The van der Waals surface area contributed by atoms with Crippen LogP contribution >= 0.6 is 24.0 Å². The molecule has 1 amide bonds. The first-order chi connectivity index (χ1) is 12.2. The summed E-state index contributed by atoms with van der Waals surface area (Å²) in [6.45, 7) is 2.79. The third-order valence-corrected chi connectivity index (χ3v) is 4.33. The van der Waals surface area contributed by atoms with Crippen molar-refractivity contribution in [3.05, 3.63) is 76.3 Å². The van der Waals surface area contributed by atoms with E-state index in [0.717, 1.165) is 25.1 Å². The van der Waals surface area contributed by atoms with Gasteiger partial charge in [-0.1, -0.05) is 47.5 Å². The van der Waals surface area contributed by atoms with E-state index in [1.807, 2.05) is 42.5 Å². The summed E-state index contributed by atoms with van der Waals surface area (Å²) in [5.74, 6) is 0.459. The minimum Gasteiger partial charge on any atom is -0.488 e. The number of hydrogen-bond acceptors (Lipinski definition) is 3. The molecule has 0 spiro atoms. The SMILES string of the molecule is Cl.O=C(NCC1=CCNCC1)c1ccccc1OCc1ccc(Cl)cc1. The van der Waals surface area contributed by atoms with Crippen molar-refractivity contribution in [1.82, 2.24) is 10.6 Å². The summed E-state index contributed by atoms with van der Waals surface area (Å²) in [4.78, 5) is 12.5. The topological polar surface area (TPSA) is 50.4 Å². The van der Waals surface area contributed by atoms with E-state index >= 15 is 0 Å². The number of nitrogens with one attached hydrogen (secondary N) is 2. The maximum absolute atomic E-state index is 12.5. The third kappa shape index (κ3) is 5.77. The minimum atomic E-state index is -0.119. The highest BCUT2D eigenvalue weighted by Gasteiger charge is 2.13. The van der Waals surface area contributed by atoms with Crippen molar-refractivity contribution >= 4 is 29.9 Å². The number of rotatable bonds is 6. The van der Waals surface area contributed by atoms with Gasteiger partial charge in [0.05, 0.1) is 5.56 Å². The summed E-state index contributed by atoms with van der Waals surface area (Å²) < 4.78 is 5.85. The van der Waals surface area contributed by atoms with E-state index in [1.165, 1.54) is 5.57 Å². The molecule has 3 rings (SSSR count). The molecular weight excluding hydrogens is 371 g/mol. The molecule has 2 aromatic carbocycles. The molecule has 0 saturated heterocycles. The molecule has 0 bridgehead atoms. The first-order valence-corrected chi connectivity index (χ1v) is 8.73. The van der Waals surface area contributed by atoms with Crippen molar-refractivity contribution in [2.75, 3.05) is 19.6 Å². The van der Waals surface area contributed by atoms with Gasteiger partial charge < -0.3 is 15.4 Å². The van der Waals surface area contributed by atoms with Gasteiger partial charge in [-0.25, -0.2) is 0 Å². The van der Waals surface area contributed by atoms with E-state index in [2.05, 4.69) is 16.7 Å². The Labute approximate surface area is 165 Å². The van der Waals surface area contributed by atoms with E-state index in [1.54, 1.807) is 6.07 Å². The molecule has 26 heavy (non-hydrogen) atoms. The van der Waals surface area contributed by atoms with E-state index < -0.39 is 0 Å². The second-order valence-corrected chi connectivity index (χ2v) is 6.35. The van der Waals surface area contributed by atoms with Crippen molar-refractivity contribution in [3.8, 4) is 5.75 Å². The summed E-state index contributed by atoms with van der Waals surface area (Å²) in [5.41, 5.74) is 2.80. The van der Waals surface area contributed by atoms with Gasteiger partial charge in [-0.2, -0.15) is 0 Å². The van der Waals surface area contributed by atoms with Crippen LogP contribution in [0.4, 0.5) is 0 Å². The second kappa shape index (κ2) is 10.2. The fourth-order valence-corrected chi connectivity index (χ4v) is 2.77. The lowest BCUT2D eigenvalue weighted by molar-refractivity contribution is 0.0952. The van der Waals surface area contributed by atoms with Crippen LogP contribution in [0, 0.1) is 0 Å². The van der Waals surface area contributed by atoms with Crippen LogP contribution in [0.25, 0.3) is 0 Å². The number of ether oxygens (including phenoxy) is 1. The van der Waals surface area contributed by atoms with Crippen molar-refractivity contribution in [3.63, 3.8) is 0 Å². The smallest absolute Gasteiger partial charge is 0.255 e. The van der Waals surface area contributed by atoms with Crippen LogP contribution in [0.3, 0.4) is 0 Å². The molecule has 138 valence electrons. The van der Waals surface area contributed by atoms with Crippen LogP contribution in [0.2, 0.25) is 5.02 Å². The maximum Gasteiger partial charge on any atom is 0.255 e. The zero-order valence-corrected chi connectivity index (χ0v) is 15.9. The second-order valence-electron chi connectivity index (χ2n) is 5.91. The summed E-state index contributed by atoms with van der Waals surface area (Å²) in [6.07, 6.45) is 3.10. The quantitative estimate of drug-likeness (QED) is 0.730. The molecule has 0 radical (unpaired) electrons. The average molecular weight is 393 g/mol. The van der Waals surface area contributed by atoms with Crippen LogP contribution in [0.5, 0.6) is 5.75 Å². The zero-order chi connectivity index (χ0) is 17.5. The summed E-state index contributed by atoms with van der Waals surface area (Å²) in [5, 5.41) is 6.93. The molecule has 0 fully saturated rings. The fourth-order valence-electron chi connectivity index (χ4n) is 2.64. The monoisotopic (exact) mass is 392 g/mol. The predicted octanol–water partition coefficient (Wildman–Crippen LogP) is 3.99. The Morgan fingerprint density at radius 2 is 1.92 bits per heavy atom. The van der Waals surface area contributed by atoms with E-state index in [0.29, 0.717) is 29.5 Å². The number of para-hydroxylation sites is 1. The Bertz CT molecular complexity index is 761. The van der Waals surface area contributed by atoms with Gasteiger partial charge in [0, 0.05) is 18.1 Å². The van der Waals surface area contributed by atoms with Gasteiger partial charge in [0.25, 0.3) is 5.91 Å². The maximum atomic E-state index is 12.5. The first-order valence-electron chi connectivity index (χ1n) is 8.35. The van der Waals surface area contributed by atoms with Gasteiger partial charge >= 0.3 is 0 Å². The summed E-state index contributed by atoms with van der Waals surface area (Å²) in [7, 11) is 0.